The first-order chi connectivity index (χ1) is 12.4. The van der Waals surface area contributed by atoms with Crippen molar-refractivity contribution in [3.63, 3.8) is 0 Å². The largest absolute Gasteiger partial charge is 0.495 e. The normalized spacial score (nSPS) is 11.9. The van der Waals surface area contributed by atoms with Gasteiger partial charge in [0.15, 0.2) is 5.82 Å². The van der Waals surface area contributed by atoms with Gasteiger partial charge < -0.3 is 9.64 Å². The zero-order valence-electron chi connectivity index (χ0n) is 16.7. The van der Waals surface area contributed by atoms with Crippen LogP contribution in [0.5, 0.6) is 5.75 Å². The molecule has 1 aromatic carbocycles. The van der Waals surface area contributed by atoms with E-state index in [2.05, 4.69) is 41.9 Å². The number of methoxy groups -OCH3 is 1. The van der Waals surface area contributed by atoms with E-state index >= 15 is 0 Å². The molecule has 1 N–H and O–H groups in total. The summed E-state index contributed by atoms with van der Waals surface area (Å²) in [6.07, 6.45) is 4.10. The predicted octanol–water partition coefficient (Wildman–Crippen LogP) is 3.86. The smallest absolute Gasteiger partial charge is 0.348 e. The van der Waals surface area contributed by atoms with Gasteiger partial charge in [0, 0.05) is 13.6 Å². The van der Waals surface area contributed by atoms with Crippen molar-refractivity contribution in [2.24, 2.45) is 5.92 Å². The van der Waals surface area contributed by atoms with Crippen molar-refractivity contribution >= 4 is 11.3 Å². The summed E-state index contributed by atoms with van der Waals surface area (Å²) in [7, 11) is 3.69. The number of rotatable bonds is 8. The second-order valence-electron chi connectivity index (χ2n) is 6.98. The van der Waals surface area contributed by atoms with Crippen LogP contribution in [0.15, 0.2) is 29.1 Å². The van der Waals surface area contributed by atoms with E-state index in [0.717, 1.165) is 42.1 Å². The van der Waals surface area contributed by atoms with Crippen LogP contribution in [-0.4, -0.2) is 35.5 Å². The maximum absolute atomic E-state index is 12.4. The average Bonchev–Trinajstić information content (AvgIpc) is 3.00. The molecule has 2 rings (SSSR count). The molecule has 2 aromatic rings. The third-order valence-electron chi connectivity index (χ3n) is 4.31. The Labute approximate surface area is 155 Å². The second kappa shape index (κ2) is 8.74. The van der Waals surface area contributed by atoms with Crippen LogP contribution in [0.4, 0.5) is 5.69 Å². The van der Waals surface area contributed by atoms with Gasteiger partial charge in [-0.2, -0.15) is 5.10 Å². The summed E-state index contributed by atoms with van der Waals surface area (Å²) in [6.45, 7) is 9.36. The number of nitrogens with zero attached hydrogens (tertiary/aromatic N) is 3. The van der Waals surface area contributed by atoms with Gasteiger partial charge >= 0.3 is 5.69 Å². The lowest BCUT2D eigenvalue weighted by atomic mass is 10.1. The quantitative estimate of drug-likeness (QED) is 0.778. The van der Waals surface area contributed by atoms with E-state index in [0.29, 0.717) is 11.7 Å². The highest BCUT2D eigenvalue weighted by Gasteiger charge is 2.15. The van der Waals surface area contributed by atoms with Gasteiger partial charge in [-0.1, -0.05) is 26.8 Å². The van der Waals surface area contributed by atoms with E-state index in [4.69, 9.17) is 4.74 Å². The summed E-state index contributed by atoms with van der Waals surface area (Å²) >= 11 is 0. The number of aromatic amines is 1. The minimum atomic E-state index is -0.244. The average molecular weight is 358 g/mol. The molecule has 6 heteroatoms. The van der Waals surface area contributed by atoms with E-state index in [9.17, 15) is 4.79 Å². The number of ether oxygens (including phenoxy) is 1. The molecule has 0 saturated heterocycles. The first-order valence-electron chi connectivity index (χ1n) is 9.13. The number of nitrogens with one attached hydrogen (secondary N) is 1. The molecule has 1 heterocycles. The van der Waals surface area contributed by atoms with Gasteiger partial charge in [0.1, 0.15) is 5.75 Å². The zero-order chi connectivity index (χ0) is 19.3. The van der Waals surface area contributed by atoms with Gasteiger partial charge in [0.2, 0.25) is 0 Å². The fraction of sp³-hybridized carbons (Fsp3) is 0.500. The van der Waals surface area contributed by atoms with E-state index in [1.807, 2.05) is 32.2 Å². The van der Waals surface area contributed by atoms with Gasteiger partial charge in [-0.3, -0.25) is 0 Å². The van der Waals surface area contributed by atoms with Crippen LogP contribution in [0.25, 0.3) is 11.3 Å². The Morgan fingerprint density at radius 2 is 2.15 bits per heavy atom. The van der Waals surface area contributed by atoms with E-state index in [-0.39, 0.29) is 5.69 Å². The number of anilines is 1. The van der Waals surface area contributed by atoms with E-state index < -0.39 is 0 Å². The molecule has 0 radical (unpaired) electrons. The molecule has 0 unspecified atom stereocenters. The van der Waals surface area contributed by atoms with Crippen LogP contribution in [0.3, 0.4) is 0 Å². The minimum Gasteiger partial charge on any atom is -0.495 e. The lowest BCUT2D eigenvalue weighted by Gasteiger charge is -2.22. The summed E-state index contributed by atoms with van der Waals surface area (Å²) in [4.78, 5) is 14.6. The molecule has 0 aliphatic heterocycles. The molecule has 0 aliphatic rings. The third-order valence-corrected chi connectivity index (χ3v) is 4.31. The van der Waals surface area contributed by atoms with Crippen molar-refractivity contribution in [2.75, 3.05) is 25.6 Å². The standard InChI is InChI=1S/C20H30N4O2/c1-7-12-23(5)17-13-16(10-11-18(17)26-6)24-19(21-22-20(24)25)15(4)9-8-14(2)3/h9-11,13-14H,7-8,12H2,1-6H3,(H,22,25)/b15-9+. The Kier molecular flexibility index (Phi) is 6.66. The maximum Gasteiger partial charge on any atom is 0.348 e. The van der Waals surface area contributed by atoms with Crippen molar-refractivity contribution in [1.29, 1.82) is 0 Å². The molecule has 0 atom stereocenters. The van der Waals surface area contributed by atoms with Crippen molar-refractivity contribution < 1.29 is 4.74 Å². The summed E-state index contributed by atoms with van der Waals surface area (Å²) < 4.78 is 7.11. The number of benzene rings is 1. The number of H-pyrrole nitrogens is 1. The lowest BCUT2D eigenvalue weighted by Crippen LogP contribution is -2.20. The van der Waals surface area contributed by atoms with Crippen molar-refractivity contribution in [3.05, 3.63) is 40.6 Å². The first-order valence-corrected chi connectivity index (χ1v) is 9.13. The molecular weight excluding hydrogens is 328 g/mol. The Morgan fingerprint density at radius 1 is 1.42 bits per heavy atom. The highest BCUT2D eigenvalue weighted by atomic mass is 16.5. The van der Waals surface area contributed by atoms with E-state index in [1.54, 1.807) is 11.7 Å². The molecule has 142 valence electrons. The van der Waals surface area contributed by atoms with Crippen LogP contribution in [0.2, 0.25) is 0 Å². The lowest BCUT2D eigenvalue weighted by molar-refractivity contribution is 0.414. The van der Waals surface area contributed by atoms with Gasteiger partial charge in [-0.25, -0.2) is 14.5 Å². The van der Waals surface area contributed by atoms with Crippen LogP contribution in [0.1, 0.15) is 46.4 Å². The highest BCUT2D eigenvalue weighted by Crippen LogP contribution is 2.30. The Morgan fingerprint density at radius 3 is 2.77 bits per heavy atom. The third kappa shape index (κ3) is 4.36. The van der Waals surface area contributed by atoms with Gasteiger partial charge in [0.25, 0.3) is 0 Å². The van der Waals surface area contributed by atoms with Crippen molar-refractivity contribution in [3.8, 4) is 11.4 Å². The first kappa shape index (κ1) is 19.8. The summed E-state index contributed by atoms with van der Waals surface area (Å²) in [6, 6.07) is 5.76. The molecule has 0 fully saturated rings. The molecular formula is C20H30N4O2. The molecule has 1 aromatic heterocycles. The fourth-order valence-electron chi connectivity index (χ4n) is 2.88. The van der Waals surface area contributed by atoms with Crippen LogP contribution >= 0.6 is 0 Å². The van der Waals surface area contributed by atoms with Gasteiger partial charge in [0.05, 0.1) is 18.5 Å². The zero-order valence-corrected chi connectivity index (χ0v) is 16.7. The van der Waals surface area contributed by atoms with Crippen molar-refractivity contribution in [1.82, 2.24) is 14.8 Å². The highest BCUT2D eigenvalue weighted by molar-refractivity contribution is 5.65. The SMILES string of the molecule is CCCN(C)c1cc(-n2c(/C(C)=C/CC(C)C)n[nH]c2=O)ccc1OC. The number of hydrogen-bond acceptors (Lipinski definition) is 4. The second-order valence-corrected chi connectivity index (χ2v) is 6.98. The van der Waals surface area contributed by atoms with Crippen molar-refractivity contribution in [2.45, 2.75) is 40.5 Å². The molecule has 6 nitrogen and oxygen atoms in total. The van der Waals surface area contributed by atoms with E-state index in [1.165, 1.54) is 0 Å². The Hall–Kier alpha value is -2.50. The molecule has 0 saturated carbocycles. The molecule has 26 heavy (non-hydrogen) atoms. The summed E-state index contributed by atoms with van der Waals surface area (Å²) in [5, 5.41) is 6.81. The molecule has 0 aliphatic carbocycles. The number of aromatic nitrogens is 3. The fourth-order valence-corrected chi connectivity index (χ4v) is 2.88. The van der Waals surface area contributed by atoms with Crippen LogP contribution < -0.4 is 15.3 Å². The van der Waals surface area contributed by atoms with Crippen LogP contribution in [-0.2, 0) is 0 Å². The predicted molar refractivity (Wildman–Crippen MR) is 107 cm³/mol. The topological polar surface area (TPSA) is 63.2 Å². The molecule has 0 spiro atoms. The van der Waals surface area contributed by atoms with Gasteiger partial charge in [-0.15, -0.1) is 0 Å². The molecule has 0 bridgehead atoms. The Bertz CT molecular complexity index is 817. The monoisotopic (exact) mass is 358 g/mol. The van der Waals surface area contributed by atoms with Crippen LogP contribution in [0, 0.1) is 5.92 Å². The molecule has 0 amide bonds. The summed E-state index contributed by atoms with van der Waals surface area (Å²) in [5.41, 5.74) is 2.47. The number of allylic oxidation sites excluding steroid dienone is 2. The number of hydrogen-bond donors (Lipinski definition) is 1. The summed E-state index contributed by atoms with van der Waals surface area (Å²) in [5.74, 6) is 1.99. The Balaban J connectivity index is 2.52. The maximum atomic E-state index is 12.4. The van der Waals surface area contributed by atoms with Gasteiger partial charge in [-0.05, 0) is 49.5 Å². The minimum absolute atomic E-state index is 0.244.